The lowest BCUT2D eigenvalue weighted by atomic mass is 10.2. The first-order valence-corrected chi connectivity index (χ1v) is 9.84. The number of nitrogens with one attached hydrogen (secondary N) is 1. The Bertz CT molecular complexity index is 553. The van der Waals surface area contributed by atoms with E-state index in [4.69, 9.17) is 23.7 Å². The van der Waals surface area contributed by atoms with Gasteiger partial charge in [-0.1, -0.05) is 0 Å². The molecule has 1 spiro atoms. The molecule has 27 heavy (non-hydrogen) atoms. The summed E-state index contributed by atoms with van der Waals surface area (Å²) in [6, 6.07) is -0.294. The van der Waals surface area contributed by atoms with Crippen molar-refractivity contribution in [3.8, 4) is 0 Å². The zero-order valence-corrected chi connectivity index (χ0v) is 16.6. The van der Waals surface area contributed by atoms with Crippen molar-refractivity contribution in [2.75, 3.05) is 13.2 Å². The van der Waals surface area contributed by atoms with E-state index in [0.717, 1.165) is 25.7 Å². The van der Waals surface area contributed by atoms with Gasteiger partial charge in [-0.05, 0) is 47.0 Å². The molecule has 2 saturated carbocycles. The molecule has 4 unspecified atom stereocenters. The standard InChI is InChI=1S/C19H31NO7/c1-5-23-14(21)11-24-13-10-12(20-17(22)27-18(2,3)4)15-16(13)26-19(25-15)8-6-7-9-19/h12-13,15-16H,5-11H2,1-4H3,(H,20,22). The van der Waals surface area contributed by atoms with Gasteiger partial charge in [-0.15, -0.1) is 0 Å². The monoisotopic (exact) mass is 385 g/mol. The van der Waals surface area contributed by atoms with Gasteiger partial charge >= 0.3 is 12.1 Å². The van der Waals surface area contributed by atoms with Crippen molar-refractivity contribution in [2.45, 2.75) is 95.5 Å². The van der Waals surface area contributed by atoms with Crippen molar-refractivity contribution in [2.24, 2.45) is 0 Å². The van der Waals surface area contributed by atoms with E-state index in [1.807, 2.05) is 20.8 Å². The van der Waals surface area contributed by atoms with Crippen molar-refractivity contribution >= 4 is 12.1 Å². The van der Waals surface area contributed by atoms with Gasteiger partial charge in [0.1, 0.15) is 24.4 Å². The number of ether oxygens (including phenoxy) is 5. The number of rotatable bonds is 5. The molecule has 1 aliphatic heterocycles. The highest BCUT2D eigenvalue weighted by molar-refractivity contribution is 5.70. The normalized spacial score (nSPS) is 31.7. The molecule has 0 aromatic carbocycles. The van der Waals surface area contributed by atoms with Crippen LogP contribution in [0.2, 0.25) is 0 Å². The SMILES string of the molecule is CCOC(=O)COC1CC(NC(=O)OC(C)(C)C)C2OC3(CCCC3)OC12. The van der Waals surface area contributed by atoms with E-state index >= 15 is 0 Å². The van der Waals surface area contributed by atoms with Crippen LogP contribution in [0.5, 0.6) is 0 Å². The molecule has 4 atom stereocenters. The summed E-state index contributed by atoms with van der Waals surface area (Å²) in [5, 5.41) is 2.89. The number of carbonyl (C=O) groups is 2. The van der Waals surface area contributed by atoms with Crippen molar-refractivity contribution in [1.29, 1.82) is 0 Å². The number of amides is 1. The van der Waals surface area contributed by atoms with Gasteiger partial charge in [-0.25, -0.2) is 9.59 Å². The van der Waals surface area contributed by atoms with Crippen molar-refractivity contribution in [1.82, 2.24) is 5.32 Å². The topological polar surface area (TPSA) is 92.3 Å². The van der Waals surface area contributed by atoms with Crippen LogP contribution in [0, 0.1) is 0 Å². The van der Waals surface area contributed by atoms with E-state index in [0.29, 0.717) is 13.0 Å². The summed E-state index contributed by atoms with van der Waals surface area (Å²) < 4.78 is 28.6. The molecule has 2 aliphatic carbocycles. The van der Waals surface area contributed by atoms with E-state index in [2.05, 4.69) is 5.32 Å². The van der Waals surface area contributed by atoms with Crippen LogP contribution in [-0.4, -0.2) is 61.0 Å². The fourth-order valence-corrected chi connectivity index (χ4v) is 4.06. The number of hydrogen-bond acceptors (Lipinski definition) is 7. The summed E-state index contributed by atoms with van der Waals surface area (Å²) in [6.45, 7) is 7.37. The fraction of sp³-hybridized carbons (Fsp3) is 0.895. The lowest BCUT2D eigenvalue weighted by molar-refractivity contribution is -0.189. The lowest BCUT2D eigenvalue weighted by Crippen LogP contribution is -2.45. The summed E-state index contributed by atoms with van der Waals surface area (Å²) in [7, 11) is 0. The van der Waals surface area contributed by atoms with Gasteiger partial charge < -0.3 is 29.0 Å². The van der Waals surface area contributed by atoms with Crippen molar-refractivity contribution < 1.29 is 33.3 Å². The molecular formula is C19H31NO7. The molecule has 154 valence electrons. The molecule has 3 rings (SSSR count). The van der Waals surface area contributed by atoms with Crippen LogP contribution >= 0.6 is 0 Å². The summed E-state index contributed by atoms with van der Waals surface area (Å²) >= 11 is 0. The number of esters is 1. The first kappa shape index (κ1) is 20.4. The first-order valence-electron chi connectivity index (χ1n) is 9.84. The molecule has 1 saturated heterocycles. The Hall–Kier alpha value is -1.38. The summed E-state index contributed by atoms with van der Waals surface area (Å²) in [5.74, 6) is -0.998. The van der Waals surface area contributed by atoms with E-state index in [9.17, 15) is 9.59 Å². The number of carbonyl (C=O) groups excluding carboxylic acids is 2. The van der Waals surface area contributed by atoms with E-state index in [-0.39, 0.29) is 31.0 Å². The Balaban J connectivity index is 1.65. The minimum absolute atomic E-state index is 0.142. The second-order valence-corrected chi connectivity index (χ2v) is 8.43. The third-order valence-electron chi connectivity index (χ3n) is 5.06. The third kappa shape index (κ3) is 4.92. The van der Waals surface area contributed by atoms with Gasteiger partial charge in [0.15, 0.2) is 5.79 Å². The Morgan fingerprint density at radius 1 is 1.15 bits per heavy atom. The van der Waals surface area contributed by atoms with Gasteiger partial charge in [0.2, 0.25) is 0 Å². The van der Waals surface area contributed by atoms with Crippen molar-refractivity contribution in [3.63, 3.8) is 0 Å². The lowest BCUT2D eigenvalue weighted by Gasteiger charge is -2.27. The van der Waals surface area contributed by atoms with Gasteiger partial charge in [-0.3, -0.25) is 0 Å². The van der Waals surface area contributed by atoms with E-state index in [1.165, 1.54) is 0 Å². The number of fused-ring (bicyclic) bond motifs is 1. The summed E-state index contributed by atoms with van der Waals surface area (Å²) in [4.78, 5) is 23.9. The highest BCUT2D eigenvalue weighted by Crippen LogP contribution is 2.47. The Morgan fingerprint density at radius 2 is 1.81 bits per heavy atom. The average molecular weight is 385 g/mol. The molecule has 1 heterocycles. The van der Waals surface area contributed by atoms with Crippen LogP contribution in [0.3, 0.4) is 0 Å². The Labute approximate surface area is 160 Å². The molecular weight excluding hydrogens is 354 g/mol. The minimum atomic E-state index is -0.588. The van der Waals surface area contributed by atoms with Crippen LogP contribution in [0.15, 0.2) is 0 Å². The largest absolute Gasteiger partial charge is 0.464 e. The third-order valence-corrected chi connectivity index (χ3v) is 5.06. The Kier molecular flexibility index (Phi) is 5.98. The number of alkyl carbamates (subject to hydrolysis) is 1. The molecule has 3 aliphatic rings. The van der Waals surface area contributed by atoms with Gasteiger partial charge in [0.05, 0.1) is 18.8 Å². The van der Waals surface area contributed by atoms with Crippen LogP contribution in [-0.2, 0) is 28.5 Å². The number of hydrogen-bond donors (Lipinski definition) is 1. The second-order valence-electron chi connectivity index (χ2n) is 8.43. The summed E-state index contributed by atoms with van der Waals surface area (Å²) in [6.07, 6.45) is 2.79. The maximum Gasteiger partial charge on any atom is 0.407 e. The smallest absolute Gasteiger partial charge is 0.407 e. The van der Waals surface area contributed by atoms with Crippen LogP contribution in [0.25, 0.3) is 0 Å². The van der Waals surface area contributed by atoms with Crippen molar-refractivity contribution in [3.05, 3.63) is 0 Å². The molecule has 0 aromatic heterocycles. The first-order chi connectivity index (χ1) is 12.7. The fourth-order valence-electron chi connectivity index (χ4n) is 4.06. The Morgan fingerprint density at radius 3 is 2.44 bits per heavy atom. The zero-order valence-electron chi connectivity index (χ0n) is 16.6. The van der Waals surface area contributed by atoms with Gasteiger partial charge in [0, 0.05) is 12.8 Å². The molecule has 8 nitrogen and oxygen atoms in total. The summed E-state index contributed by atoms with van der Waals surface area (Å²) in [5.41, 5.74) is -0.582. The average Bonchev–Trinajstić information content (AvgIpc) is 3.23. The highest BCUT2D eigenvalue weighted by atomic mass is 16.8. The highest BCUT2D eigenvalue weighted by Gasteiger charge is 2.58. The van der Waals surface area contributed by atoms with E-state index in [1.54, 1.807) is 6.92 Å². The second kappa shape index (κ2) is 7.93. The molecule has 0 bridgehead atoms. The predicted octanol–water partition coefficient (Wildman–Crippen LogP) is 2.29. The van der Waals surface area contributed by atoms with Crippen LogP contribution in [0.4, 0.5) is 4.79 Å². The van der Waals surface area contributed by atoms with Gasteiger partial charge in [0.25, 0.3) is 0 Å². The molecule has 0 radical (unpaired) electrons. The molecule has 1 amide bonds. The zero-order chi connectivity index (χ0) is 19.7. The van der Waals surface area contributed by atoms with Crippen LogP contribution < -0.4 is 5.32 Å². The maximum absolute atomic E-state index is 12.2. The molecule has 8 heteroatoms. The maximum atomic E-state index is 12.2. The quantitative estimate of drug-likeness (QED) is 0.726. The van der Waals surface area contributed by atoms with Gasteiger partial charge in [-0.2, -0.15) is 0 Å². The molecule has 1 N–H and O–H groups in total. The molecule has 3 fully saturated rings. The predicted molar refractivity (Wildman–Crippen MR) is 95.1 cm³/mol. The van der Waals surface area contributed by atoms with Crippen LogP contribution in [0.1, 0.15) is 59.8 Å². The minimum Gasteiger partial charge on any atom is -0.464 e. The van der Waals surface area contributed by atoms with E-state index < -0.39 is 23.5 Å². The molecule has 0 aromatic rings.